The van der Waals surface area contributed by atoms with Crippen molar-refractivity contribution < 1.29 is 28.9 Å². The lowest BCUT2D eigenvalue weighted by atomic mass is 9.86. The van der Waals surface area contributed by atoms with Crippen LogP contribution in [0.2, 0.25) is 0 Å². The Kier molecular flexibility index (Phi) is 5.45. The van der Waals surface area contributed by atoms with Crippen molar-refractivity contribution in [2.75, 3.05) is 12.4 Å². The molecule has 0 fully saturated rings. The quantitative estimate of drug-likeness (QED) is 0.345. The lowest BCUT2D eigenvalue weighted by Gasteiger charge is -2.31. The van der Waals surface area contributed by atoms with Crippen LogP contribution < -0.4 is 10.9 Å². The van der Waals surface area contributed by atoms with Crippen LogP contribution in [0.1, 0.15) is 54.1 Å². The average molecular weight is 526 g/mol. The Labute approximate surface area is 214 Å². The van der Waals surface area contributed by atoms with Crippen LogP contribution in [0.15, 0.2) is 21.8 Å². The van der Waals surface area contributed by atoms with E-state index in [1.165, 1.54) is 22.4 Å². The summed E-state index contributed by atoms with van der Waals surface area (Å²) in [6.45, 7) is 2.74. The number of nitrogens with one attached hydrogen (secondary N) is 1. The second kappa shape index (κ2) is 8.37. The molecule has 0 bridgehead atoms. The topological polar surface area (TPSA) is 131 Å². The number of aliphatic hydroxyl groups excluding tert-OH is 1. The van der Waals surface area contributed by atoms with Gasteiger partial charge in [-0.25, -0.2) is 14.2 Å². The molecule has 0 aliphatic carbocycles. The molecule has 9 nitrogen and oxygen atoms in total. The van der Waals surface area contributed by atoms with Gasteiger partial charge in [-0.15, -0.1) is 11.8 Å². The number of aliphatic hydroxyl groups is 2. The van der Waals surface area contributed by atoms with Crippen molar-refractivity contribution in [3.8, 4) is 11.4 Å². The lowest BCUT2D eigenvalue weighted by Crippen LogP contribution is -2.44. The number of aromatic nitrogens is 2. The minimum absolute atomic E-state index is 0.0197. The van der Waals surface area contributed by atoms with Crippen LogP contribution in [-0.2, 0) is 39.5 Å². The van der Waals surface area contributed by atoms with E-state index in [0.29, 0.717) is 40.2 Å². The first-order valence-electron chi connectivity index (χ1n) is 12.1. The van der Waals surface area contributed by atoms with Gasteiger partial charge in [0.05, 0.1) is 35.1 Å². The van der Waals surface area contributed by atoms with Crippen LogP contribution in [0.3, 0.4) is 0 Å². The number of fused-ring (bicyclic) bond motifs is 5. The number of amides is 1. The van der Waals surface area contributed by atoms with Crippen molar-refractivity contribution in [2.24, 2.45) is 0 Å². The molecule has 3 aromatic rings. The van der Waals surface area contributed by atoms with Crippen LogP contribution >= 0.6 is 11.8 Å². The second-order valence-electron chi connectivity index (χ2n) is 9.46. The molecular formula is C26H24FN3O6S. The van der Waals surface area contributed by atoms with Crippen LogP contribution in [0, 0.1) is 5.82 Å². The van der Waals surface area contributed by atoms with E-state index in [-0.39, 0.29) is 36.5 Å². The Morgan fingerprint density at radius 3 is 2.81 bits per heavy atom. The fraction of sp³-hybridized carbons (Fsp3) is 0.385. The summed E-state index contributed by atoms with van der Waals surface area (Å²) in [5, 5.41) is 24.1. The van der Waals surface area contributed by atoms with E-state index in [4.69, 9.17) is 9.72 Å². The van der Waals surface area contributed by atoms with Crippen LogP contribution in [0.5, 0.6) is 0 Å². The van der Waals surface area contributed by atoms with Gasteiger partial charge in [0.2, 0.25) is 5.91 Å². The molecule has 0 radical (unpaired) electrons. The molecule has 1 amide bonds. The molecule has 2 aromatic heterocycles. The number of hydrogen-bond acceptors (Lipinski definition) is 8. The molecule has 5 heterocycles. The molecule has 1 aromatic carbocycles. The Balaban J connectivity index is 1.67. The van der Waals surface area contributed by atoms with E-state index >= 15 is 4.39 Å². The monoisotopic (exact) mass is 525 g/mol. The number of halogens is 1. The zero-order chi connectivity index (χ0) is 26.2. The first kappa shape index (κ1) is 24.1. The van der Waals surface area contributed by atoms with Crippen molar-refractivity contribution >= 4 is 34.5 Å². The smallest absolute Gasteiger partial charge is 0.343 e. The van der Waals surface area contributed by atoms with Crippen molar-refractivity contribution in [3.63, 3.8) is 0 Å². The van der Waals surface area contributed by atoms with Crippen molar-refractivity contribution in [1.82, 2.24) is 14.9 Å². The zero-order valence-electron chi connectivity index (χ0n) is 20.2. The molecule has 3 aliphatic heterocycles. The molecule has 0 saturated heterocycles. The normalized spacial score (nSPS) is 21.3. The maximum absolute atomic E-state index is 15.1. The van der Waals surface area contributed by atoms with Gasteiger partial charge < -0.3 is 24.8 Å². The van der Waals surface area contributed by atoms with Gasteiger partial charge in [-0.2, -0.15) is 0 Å². The highest BCUT2D eigenvalue weighted by Gasteiger charge is 2.46. The summed E-state index contributed by atoms with van der Waals surface area (Å²) in [5.74, 6) is -1.32. The van der Waals surface area contributed by atoms with E-state index in [1.54, 1.807) is 13.0 Å². The Morgan fingerprint density at radius 2 is 2.11 bits per heavy atom. The SMILES string of the molecule is CCc1c(F)cc2nc3c(c4c2c1SC[C@H]4NC(=O)CO)Cn1c-3cc2c(c1=O)COC(=O)[C@]2(O)CC. The number of esters is 1. The molecule has 0 saturated carbocycles. The Hall–Kier alpha value is -3.28. The number of rotatable bonds is 4. The molecule has 3 N–H and O–H groups in total. The Bertz CT molecular complexity index is 1600. The summed E-state index contributed by atoms with van der Waals surface area (Å²) in [6, 6.07) is 2.48. The highest BCUT2D eigenvalue weighted by molar-refractivity contribution is 7.99. The first-order chi connectivity index (χ1) is 17.7. The van der Waals surface area contributed by atoms with Gasteiger partial charge in [0, 0.05) is 38.8 Å². The highest BCUT2D eigenvalue weighted by atomic mass is 32.2. The van der Waals surface area contributed by atoms with E-state index < -0.39 is 35.7 Å². The van der Waals surface area contributed by atoms with E-state index in [0.717, 1.165) is 15.8 Å². The van der Waals surface area contributed by atoms with Gasteiger partial charge in [-0.05, 0) is 24.5 Å². The number of carbonyl (C=O) groups is 2. The molecule has 37 heavy (non-hydrogen) atoms. The number of pyridine rings is 2. The van der Waals surface area contributed by atoms with Crippen molar-refractivity contribution in [3.05, 3.63) is 56.1 Å². The van der Waals surface area contributed by atoms with Gasteiger partial charge in [0.1, 0.15) is 19.0 Å². The van der Waals surface area contributed by atoms with Gasteiger partial charge in [0.15, 0.2) is 5.60 Å². The minimum atomic E-state index is -1.96. The zero-order valence-corrected chi connectivity index (χ0v) is 21.0. The lowest BCUT2D eigenvalue weighted by molar-refractivity contribution is -0.172. The predicted octanol–water partition coefficient (Wildman–Crippen LogP) is 2.04. The average Bonchev–Trinajstić information content (AvgIpc) is 3.26. The third kappa shape index (κ3) is 3.23. The maximum atomic E-state index is 15.1. The minimum Gasteiger partial charge on any atom is -0.458 e. The number of cyclic esters (lactones) is 1. The van der Waals surface area contributed by atoms with Crippen LogP contribution in [-0.4, -0.2) is 44.0 Å². The fourth-order valence-corrected chi connectivity index (χ4v) is 7.09. The summed E-state index contributed by atoms with van der Waals surface area (Å²) in [5.41, 5.74) is 1.29. The Morgan fingerprint density at radius 1 is 1.32 bits per heavy atom. The molecule has 2 atom stereocenters. The summed E-state index contributed by atoms with van der Waals surface area (Å²) in [6.07, 6.45) is 0.496. The number of ether oxygens (including phenoxy) is 1. The molecule has 3 aliphatic rings. The molecule has 192 valence electrons. The van der Waals surface area contributed by atoms with Crippen molar-refractivity contribution in [2.45, 2.75) is 56.4 Å². The van der Waals surface area contributed by atoms with E-state index in [9.17, 15) is 24.6 Å². The third-order valence-corrected chi connectivity index (χ3v) is 8.84. The van der Waals surface area contributed by atoms with Gasteiger partial charge in [-0.1, -0.05) is 13.8 Å². The van der Waals surface area contributed by atoms with Gasteiger partial charge >= 0.3 is 5.97 Å². The van der Waals surface area contributed by atoms with Crippen LogP contribution in [0.4, 0.5) is 4.39 Å². The summed E-state index contributed by atoms with van der Waals surface area (Å²) in [7, 11) is 0. The maximum Gasteiger partial charge on any atom is 0.343 e. The summed E-state index contributed by atoms with van der Waals surface area (Å²) in [4.78, 5) is 43.8. The molecular weight excluding hydrogens is 501 g/mol. The largest absolute Gasteiger partial charge is 0.458 e. The molecule has 6 rings (SSSR count). The predicted molar refractivity (Wildman–Crippen MR) is 133 cm³/mol. The van der Waals surface area contributed by atoms with Crippen molar-refractivity contribution in [1.29, 1.82) is 0 Å². The number of hydrogen-bond donors (Lipinski definition) is 3. The van der Waals surface area contributed by atoms with Gasteiger partial charge in [-0.3, -0.25) is 9.59 Å². The highest BCUT2D eigenvalue weighted by Crippen LogP contribution is 2.48. The number of carbonyl (C=O) groups excluding carboxylic acids is 2. The summed E-state index contributed by atoms with van der Waals surface area (Å²) < 4.78 is 21.8. The number of benzene rings is 1. The first-order valence-corrected chi connectivity index (χ1v) is 13.1. The van der Waals surface area contributed by atoms with E-state index in [1.807, 2.05) is 6.92 Å². The standard InChI is InChI=1S/C26H24FN3O6S/c1-3-11-15(27)6-16-21-20(17(10-37-23(11)21)28-19(32)8-31)12-7-30-18(22(12)29-16)5-14-13(24(30)33)9-36-25(34)26(14,35)4-2/h5-6,17,31,35H,3-4,7-10H2,1-2H3,(H,28,32)/t17-,26+/m1/s1. The molecule has 0 unspecified atom stereocenters. The van der Waals surface area contributed by atoms with Gasteiger partial charge in [0.25, 0.3) is 5.56 Å². The molecule has 11 heteroatoms. The van der Waals surface area contributed by atoms with Crippen LogP contribution in [0.25, 0.3) is 22.3 Å². The fourth-order valence-electron chi connectivity index (χ4n) is 5.73. The number of nitrogens with zero attached hydrogens (tertiary/aromatic N) is 2. The summed E-state index contributed by atoms with van der Waals surface area (Å²) >= 11 is 1.43. The second-order valence-corrected chi connectivity index (χ2v) is 10.5. The third-order valence-electron chi connectivity index (χ3n) is 7.60. The molecule has 0 spiro atoms. The van der Waals surface area contributed by atoms with E-state index in [2.05, 4.69) is 5.32 Å². The number of thioether (sulfide) groups is 1.